The summed E-state index contributed by atoms with van der Waals surface area (Å²) in [7, 11) is 0. The van der Waals surface area contributed by atoms with Crippen molar-refractivity contribution < 1.29 is 13.9 Å². The number of benzene rings is 2. The molecule has 2 aromatic rings. The summed E-state index contributed by atoms with van der Waals surface area (Å²) in [5.41, 5.74) is 2.53. The van der Waals surface area contributed by atoms with Crippen molar-refractivity contribution >= 4 is 31.9 Å². The maximum atomic E-state index is 14.1. The zero-order valence-corrected chi connectivity index (χ0v) is 14.5. The molecule has 1 unspecified atom stereocenters. The first kappa shape index (κ1) is 14.9. The monoisotopic (exact) mass is 414 g/mol. The molecule has 2 nitrogen and oxygen atoms in total. The molecule has 0 spiro atoms. The van der Waals surface area contributed by atoms with Gasteiger partial charge >= 0.3 is 0 Å². The van der Waals surface area contributed by atoms with E-state index in [0.717, 1.165) is 15.6 Å². The Kier molecular flexibility index (Phi) is 4.22. The highest BCUT2D eigenvalue weighted by molar-refractivity contribution is 9.11. The van der Waals surface area contributed by atoms with Gasteiger partial charge in [-0.05, 0) is 30.7 Å². The Morgan fingerprint density at radius 3 is 2.43 bits per heavy atom. The zero-order valence-electron chi connectivity index (χ0n) is 11.3. The summed E-state index contributed by atoms with van der Waals surface area (Å²) in [5, 5.41) is 0. The minimum Gasteiger partial charge on any atom is -0.486 e. The van der Waals surface area contributed by atoms with Crippen LogP contribution in [0.3, 0.4) is 0 Å². The van der Waals surface area contributed by atoms with Crippen molar-refractivity contribution in [3.63, 3.8) is 0 Å². The lowest BCUT2D eigenvalue weighted by Gasteiger charge is -2.22. The van der Waals surface area contributed by atoms with Crippen molar-refractivity contribution in [1.82, 2.24) is 0 Å². The van der Waals surface area contributed by atoms with Crippen molar-refractivity contribution in [2.45, 2.75) is 11.8 Å². The number of alkyl halides is 1. The van der Waals surface area contributed by atoms with E-state index in [4.69, 9.17) is 9.47 Å². The summed E-state index contributed by atoms with van der Waals surface area (Å²) >= 11 is 7.12. The van der Waals surface area contributed by atoms with E-state index in [-0.39, 0.29) is 10.6 Å². The van der Waals surface area contributed by atoms with Gasteiger partial charge in [-0.15, -0.1) is 0 Å². The van der Waals surface area contributed by atoms with E-state index in [1.807, 2.05) is 25.1 Å². The van der Waals surface area contributed by atoms with E-state index < -0.39 is 0 Å². The fourth-order valence-corrected chi connectivity index (χ4v) is 3.89. The zero-order chi connectivity index (χ0) is 15.0. The number of ether oxygens (including phenoxy) is 2. The summed E-state index contributed by atoms with van der Waals surface area (Å²) in [6.45, 7) is 3.02. The maximum Gasteiger partial charge on any atom is 0.162 e. The van der Waals surface area contributed by atoms with E-state index in [1.54, 1.807) is 6.07 Å². The predicted molar refractivity (Wildman–Crippen MR) is 87.0 cm³/mol. The topological polar surface area (TPSA) is 18.5 Å². The Morgan fingerprint density at radius 1 is 1.05 bits per heavy atom. The third-order valence-electron chi connectivity index (χ3n) is 3.36. The first-order valence-electron chi connectivity index (χ1n) is 6.55. The molecule has 0 aliphatic carbocycles. The van der Waals surface area contributed by atoms with Gasteiger partial charge in [0.15, 0.2) is 11.5 Å². The van der Waals surface area contributed by atoms with Gasteiger partial charge in [-0.25, -0.2) is 4.39 Å². The fraction of sp³-hybridized carbons (Fsp3) is 0.250. The Hall–Kier alpha value is -1.07. The fourth-order valence-electron chi connectivity index (χ4n) is 2.30. The Morgan fingerprint density at radius 2 is 1.71 bits per heavy atom. The molecule has 21 heavy (non-hydrogen) atoms. The van der Waals surface area contributed by atoms with Crippen molar-refractivity contribution in [2.75, 3.05) is 13.2 Å². The quantitative estimate of drug-likeness (QED) is 0.631. The van der Waals surface area contributed by atoms with Crippen molar-refractivity contribution in [3.8, 4) is 11.5 Å². The molecule has 110 valence electrons. The molecule has 1 aliphatic rings. The van der Waals surface area contributed by atoms with Gasteiger partial charge < -0.3 is 9.47 Å². The molecule has 2 aromatic carbocycles. The van der Waals surface area contributed by atoms with Crippen molar-refractivity contribution in [2.24, 2.45) is 0 Å². The van der Waals surface area contributed by atoms with E-state index in [2.05, 4.69) is 31.9 Å². The minimum atomic E-state index is -0.261. The summed E-state index contributed by atoms with van der Waals surface area (Å²) in [6.07, 6.45) is 0. The van der Waals surface area contributed by atoms with Crippen LogP contribution in [0.1, 0.15) is 21.5 Å². The highest BCUT2D eigenvalue weighted by atomic mass is 79.9. The molecule has 0 saturated carbocycles. The Labute approximate surface area is 139 Å². The second-order valence-corrected chi connectivity index (χ2v) is 6.67. The standard InChI is InChI=1S/C16H13Br2FO2/c1-9-2-3-13(19)11(6-9)16(18)10-7-14-15(8-12(10)17)21-5-4-20-14/h2-3,6-8,16H,4-5H2,1H3. The van der Waals surface area contributed by atoms with E-state index >= 15 is 0 Å². The molecule has 0 saturated heterocycles. The van der Waals surface area contributed by atoms with Gasteiger partial charge in [0.25, 0.3) is 0 Å². The molecule has 3 rings (SSSR count). The van der Waals surface area contributed by atoms with E-state index in [1.165, 1.54) is 6.07 Å². The molecule has 0 radical (unpaired) electrons. The van der Waals surface area contributed by atoms with Crippen molar-refractivity contribution in [1.29, 1.82) is 0 Å². The second kappa shape index (κ2) is 5.97. The Balaban J connectivity index is 2.05. The molecule has 1 aliphatic heterocycles. The highest BCUT2D eigenvalue weighted by Crippen LogP contribution is 2.43. The van der Waals surface area contributed by atoms with Gasteiger partial charge in [-0.1, -0.05) is 49.6 Å². The molecule has 5 heteroatoms. The number of fused-ring (bicyclic) bond motifs is 1. The van der Waals surface area contributed by atoms with Crippen LogP contribution in [0.2, 0.25) is 0 Å². The first-order valence-corrected chi connectivity index (χ1v) is 8.26. The smallest absolute Gasteiger partial charge is 0.162 e. The highest BCUT2D eigenvalue weighted by Gasteiger charge is 2.22. The predicted octanol–water partition coefficient (Wildman–Crippen LogP) is 5.15. The van der Waals surface area contributed by atoms with E-state index in [9.17, 15) is 4.39 Å². The summed E-state index contributed by atoms with van der Waals surface area (Å²) in [4.78, 5) is -0.261. The normalized spacial score (nSPS) is 14.9. The molecule has 0 aromatic heterocycles. The molecule has 0 amide bonds. The second-order valence-electron chi connectivity index (χ2n) is 4.90. The van der Waals surface area contributed by atoms with Crippen molar-refractivity contribution in [3.05, 3.63) is 57.3 Å². The van der Waals surface area contributed by atoms with Crippen LogP contribution in [0.5, 0.6) is 11.5 Å². The third kappa shape index (κ3) is 2.94. The van der Waals surface area contributed by atoms with Gasteiger partial charge in [-0.3, -0.25) is 0 Å². The van der Waals surface area contributed by atoms with Crippen LogP contribution in [-0.2, 0) is 0 Å². The molecule has 1 heterocycles. The largest absolute Gasteiger partial charge is 0.486 e. The average molecular weight is 416 g/mol. The van der Waals surface area contributed by atoms with Crippen LogP contribution in [-0.4, -0.2) is 13.2 Å². The van der Waals surface area contributed by atoms with Gasteiger partial charge in [0.1, 0.15) is 19.0 Å². The van der Waals surface area contributed by atoms with Crippen LogP contribution in [0.4, 0.5) is 4.39 Å². The molecule has 0 bridgehead atoms. The molecule has 1 atom stereocenters. The molecule has 0 fully saturated rings. The molecule has 0 N–H and O–H groups in total. The summed E-state index contributed by atoms with van der Waals surface area (Å²) < 4.78 is 26.1. The van der Waals surface area contributed by atoms with E-state index in [0.29, 0.717) is 30.3 Å². The van der Waals surface area contributed by atoms with Gasteiger partial charge in [0.2, 0.25) is 0 Å². The summed E-state index contributed by atoms with van der Waals surface area (Å²) in [6, 6.07) is 8.85. The van der Waals surface area contributed by atoms with Crippen LogP contribution >= 0.6 is 31.9 Å². The van der Waals surface area contributed by atoms with Gasteiger partial charge in [0, 0.05) is 10.0 Å². The van der Waals surface area contributed by atoms with Crippen LogP contribution in [0.15, 0.2) is 34.8 Å². The van der Waals surface area contributed by atoms with Crippen LogP contribution < -0.4 is 9.47 Å². The number of rotatable bonds is 2. The van der Waals surface area contributed by atoms with Crippen LogP contribution in [0.25, 0.3) is 0 Å². The van der Waals surface area contributed by atoms with Crippen LogP contribution in [0, 0.1) is 12.7 Å². The number of hydrogen-bond donors (Lipinski definition) is 0. The SMILES string of the molecule is Cc1ccc(F)c(C(Br)c2cc3c(cc2Br)OCCO3)c1. The van der Waals surface area contributed by atoms with Gasteiger partial charge in [0.05, 0.1) is 4.83 Å². The lowest BCUT2D eigenvalue weighted by atomic mass is 10.0. The lowest BCUT2D eigenvalue weighted by Crippen LogP contribution is -2.15. The number of hydrogen-bond acceptors (Lipinski definition) is 2. The Bertz CT molecular complexity index is 688. The molecular weight excluding hydrogens is 403 g/mol. The minimum absolute atomic E-state index is 0.232. The first-order chi connectivity index (χ1) is 10.1. The average Bonchev–Trinajstić information content (AvgIpc) is 2.48. The third-order valence-corrected chi connectivity index (χ3v) is 5.03. The van der Waals surface area contributed by atoms with Gasteiger partial charge in [-0.2, -0.15) is 0 Å². The number of aryl methyl sites for hydroxylation is 1. The number of halogens is 3. The lowest BCUT2D eigenvalue weighted by molar-refractivity contribution is 0.171. The maximum absolute atomic E-state index is 14.1. The molecular formula is C16H13Br2FO2. The summed E-state index contributed by atoms with van der Waals surface area (Å²) in [5.74, 6) is 1.17.